The number of β-amino-alcohol motifs (C(OH)–C–C–N with tert-alkyl or cyclic N) is 1. The highest BCUT2D eigenvalue weighted by molar-refractivity contribution is 7.98. The van der Waals surface area contributed by atoms with Gasteiger partial charge in [-0.1, -0.05) is 11.8 Å². The van der Waals surface area contributed by atoms with Crippen LogP contribution in [0, 0.1) is 5.82 Å². The number of carbonyl (C=O) groups is 1. The van der Waals surface area contributed by atoms with Gasteiger partial charge in [-0.15, -0.1) is 0 Å². The zero-order valence-electron chi connectivity index (χ0n) is 12.8. The number of piperidine rings is 1. The Morgan fingerprint density at radius 1 is 1.39 bits per heavy atom. The van der Waals surface area contributed by atoms with E-state index in [1.54, 1.807) is 27.8 Å². The normalized spacial score (nSPS) is 18.2. The molecule has 1 aliphatic rings. The number of nitrogens with zero attached hydrogens (tertiary/aromatic N) is 3. The summed E-state index contributed by atoms with van der Waals surface area (Å²) < 4.78 is 14.9. The van der Waals surface area contributed by atoms with Crippen molar-refractivity contribution in [1.82, 2.24) is 14.5 Å². The smallest absolute Gasteiger partial charge is 0.272 e. The van der Waals surface area contributed by atoms with E-state index in [1.807, 2.05) is 6.26 Å². The van der Waals surface area contributed by atoms with Crippen LogP contribution in [0.25, 0.3) is 5.69 Å². The number of aliphatic hydroxyl groups is 1. The fourth-order valence-corrected chi connectivity index (χ4v) is 3.32. The number of hydrogen-bond acceptors (Lipinski definition) is 4. The molecule has 0 aliphatic carbocycles. The zero-order valence-corrected chi connectivity index (χ0v) is 13.6. The molecule has 0 bridgehead atoms. The quantitative estimate of drug-likeness (QED) is 0.875. The molecular formula is C16H18FN3O2S. The highest BCUT2D eigenvalue weighted by atomic mass is 32.2. The molecule has 0 saturated carbocycles. The van der Waals surface area contributed by atoms with E-state index in [2.05, 4.69) is 4.98 Å². The van der Waals surface area contributed by atoms with Gasteiger partial charge in [0.1, 0.15) is 11.5 Å². The van der Waals surface area contributed by atoms with Crippen LogP contribution in [0.3, 0.4) is 0 Å². The van der Waals surface area contributed by atoms with E-state index in [0.29, 0.717) is 29.6 Å². The standard InChI is InChI=1S/C16H18FN3O2S/c1-23-16-18-9-14(15(22)19-8-2-3-13(21)10-19)20(16)12-6-4-11(17)5-7-12/h4-7,9,13,21H,2-3,8,10H2,1H3. The number of likely N-dealkylation sites (tertiary alicyclic amines) is 1. The molecule has 0 spiro atoms. The van der Waals surface area contributed by atoms with Gasteiger partial charge in [0.2, 0.25) is 0 Å². The molecule has 1 aromatic carbocycles. The molecule has 5 nitrogen and oxygen atoms in total. The van der Waals surface area contributed by atoms with Gasteiger partial charge >= 0.3 is 0 Å². The molecule has 23 heavy (non-hydrogen) atoms. The van der Waals surface area contributed by atoms with Gasteiger partial charge in [0.15, 0.2) is 5.16 Å². The van der Waals surface area contributed by atoms with Gasteiger partial charge in [0.05, 0.1) is 12.3 Å². The minimum Gasteiger partial charge on any atom is -0.391 e. The van der Waals surface area contributed by atoms with Crippen LogP contribution in [-0.4, -0.2) is 50.9 Å². The van der Waals surface area contributed by atoms with E-state index in [-0.39, 0.29) is 11.7 Å². The lowest BCUT2D eigenvalue weighted by Gasteiger charge is -2.30. The second-order valence-electron chi connectivity index (χ2n) is 5.49. The Bertz CT molecular complexity index is 702. The fourth-order valence-electron chi connectivity index (χ4n) is 2.77. The minimum absolute atomic E-state index is 0.166. The predicted molar refractivity (Wildman–Crippen MR) is 86.4 cm³/mol. The lowest BCUT2D eigenvalue weighted by atomic mass is 10.1. The highest BCUT2D eigenvalue weighted by Gasteiger charge is 2.26. The van der Waals surface area contributed by atoms with Crippen LogP contribution in [0.1, 0.15) is 23.3 Å². The van der Waals surface area contributed by atoms with Crippen molar-refractivity contribution in [3.05, 3.63) is 42.0 Å². The Labute approximate surface area is 138 Å². The number of imidazole rings is 1. The van der Waals surface area contributed by atoms with E-state index >= 15 is 0 Å². The zero-order chi connectivity index (χ0) is 16.4. The summed E-state index contributed by atoms with van der Waals surface area (Å²) in [5.74, 6) is -0.493. The van der Waals surface area contributed by atoms with Crippen molar-refractivity contribution >= 4 is 17.7 Å². The van der Waals surface area contributed by atoms with Crippen molar-refractivity contribution in [2.75, 3.05) is 19.3 Å². The van der Waals surface area contributed by atoms with Gasteiger partial charge in [0.25, 0.3) is 5.91 Å². The summed E-state index contributed by atoms with van der Waals surface area (Å²) in [6.07, 6.45) is 4.44. The maximum absolute atomic E-state index is 13.2. The SMILES string of the molecule is CSc1ncc(C(=O)N2CCCC(O)C2)n1-c1ccc(F)cc1. The summed E-state index contributed by atoms with van der Waals surface area (Å²) in [4.78, 5) is 18.7. The van der Waals surface area contributed by atoms with E-state index < -0.39 is 6.10 Å². The van der Waals surface area contributed by atoms with Crippen molar-refractivity contribution in [3.8, 4) is 5.69 Å². The first-order valence-corrected chi connectivity index (χ1v) is 8.67. The Morgan fingerprint density at radius 2 is 2.13 bits per heavy atom. The summed E-state index contributed by atoms with van der Waals surface area (Å²) in [5, 5.41) is 10.4. The fraction of sp³-hybridized carbons (Fsp3) is 0.375. The third-order valence-electron chi connectivity index (χ3n) is 3.90. The van der Waals surface area contributed by atoms with Gasteiger partial charge in [-0.05, 0) is 43.4 Å². The molecule has 0 radical (unpaired) electrons. The molecule has 1 N–H and O–H groups in total. The number of aliphatic hydroxyl groups excluding tert-OH is 1. The number of carbonyl (C=O) groups excluding carboxylic acids is 1. The van der Waals surface area contributed by atoms with Crippen molar-refractivity contribution < 1.29 is 14.3 Å². The second kappa shape index (κ2) is 6.72. The monoisotopic (exact) mass is 335 g/mol. The number of thioether (sulfide) groups is 1. The molecule has 1 atom stereocenters. The maximum atomic E-state index is 13.2. The van der Waals surface area contributed by atoms with Crippen LogP contribution in [-0.2, 0) is 0 Å². The molecule has 7 heteroatoms. The predicted octanol–water partition coefficient (Wildman–Crippen LogP) is 2.33. The van der Waals surface area contributed by atoms with Gasteiger partial charge in [-0.2, -0.15) is 0 Å². The third-order valence-corrected chi connectivity index (χ3v) is 4.55. The minimum atomic E-state index is -0.477. The van der Waals surface area contributed by atoms with Crippen LogP contribution >= 0.6 is 11.8 Å². The van der Waals surface area contributed by atoms with E-state index in [9.17, 15) is 14.3 Å². The van der Waals surface area contributed by atoms with Crippen molar-refractivity contribution in [2.24, 2.45) is 0 Å². The number of hydrogen-bond donors (Lipinski definition) is 1. The van der Waals surface area contributed by atoms with Crippen LogP contribution in [0.15, 0.2) is 35.6 Å². The second-order valence-corrected chi connectivity index (χ2v) is 6.26. The Kier molecular flexibility index (Phi) is 4.68. The average Bonchev–Trinajstić information content (AvgIpc) is 2.99. The molecule has 1 amide bonds. The van der Waals surface area contributed by atoms with Gasteiger partial charge in [-0.3, -0.25) is 9.36 Å². The summed E-state index contributed by atoms with van der Waals surface area (Å²) in [7, 11) is 0. The third kappa shape index (κ3) is 3.25. The van der Waals surface area contributed by atoms with Gasteiger partial charge < -0.3 is 10.0 Å². The Morgan fingerprint density at radius 3 is 2.78 bits per heavy atom. The van der Waals surface area contributed by atoms with E-state index in [1.165, 1.54) is 23.9 Å². The molecule has 1 aromatic heterocycles. The summed E-state index contributed by atoms with van der Waals surface area (Å²) in [5.41, 5.74) is 1.12. The first-order chi connectivity index (χ1) is 11.1. The highest BCUT2D eigenvalue weighted by Crippen LogP contribution is 2.24. The van der Waals surface area contributed by atoms with Gasteiger partial charge in [0, 0.05) is 18.8 Å². The van der Waals surface area contributed by atoms with Crippen molar-refractivity contribution in [2.45, 2.75) is 24.1 Å². The average molecular weight is 335 g/mol. The Balaban J connectivity index is 1.98. The van der Waals surface area contributed by atoms with Crippen molar-refractivity contribution in [1.29, 1.82) is 0 Å². The van der Waals surface area contributed by atoms with Crippen LogP contribution in [0.5, 0.6) is 0 Å². The molecule has 2 aromatic rings. The largest absolute Gasteiger partial charge is 0.391 e. The number of halogens is 1. The number of amides is 1. The lowest BCUT2D eigenvalue weighted by molar-refractivity contribution is 0.0466. The topological polar surface area (TPSA) is 58.4 Å². The molecule has 2 heterocycles. The van der Waals surface area contributed by atoms with Crippen LogP contribution < -0.4 is 0 Å². The number of aromatic nitrogens is 2. The summed E-state index contributed by atoms with van der Waals surface area (Å²) in [6.45, 7) is 0.959. The summed E-state index contributed by atoms with van der Waals surface area (Å²) >= 11 is 1.42. The maximum Gasteiger partial charge on any atom is 0.272 e. The first kappa shape index (κ1) is 16.0. The molecule has 1 unspecified atom stereocenters. The first-order valence-electron chi connectivity index (χ1n) is 7.45. The molecule has 1 aliphatic heterocycles. The molecule has 3 rings (SSSR count). The van der Waals surface area contributed by atoms with E-state index in [0.717, 1.165) is 12.8 Å². The van der Waals surface area contributed by atoms with Gasteiger partial charge in [-0.25, -0.2) is 9.37 Å². The number of rotatable bonds is 3. The molecule has 1 saturated heterocycles. The molecular weight excluding hydrogens is 317 g/mol. The van der Waals surface area contributed by atoms with Crippen LogP contribution in [0.4, 0.5) is 4.39 Å². The van der Waals surface area contributed by atoms with Crippen LogP contribution in [0.2, 0.25) is 0 Å². The Hall–Kier alpha value is -1.86. The summed E-state index contributed by atoms with van der Waals surface area (Å²) in [6, 6.07) is 5.97. The molecule has 1 fully saturated rings. The lowest BCUT2D eigenvalue weighted by Crippen LogP contribution is -2.42. The number of benzene rings is 1. The molecule has 122 valence electrons. The van der Waals surface area contributed by atoms with E-state index in [4.69, 9.17) is 0 Å². The van der Waals surface area contributed by atoms with Crippen molar-refractivity contribution in [3.63, 3.8) is 0 Å².